The molecule has 1 aromatic rings. The molecule has 0 saturated heterocycles. The highest BCUT2D eigenvalue weighted by Crippen LogP contribution is 2.36. The smallest absolute Gasteiger partial charge is 0.410 e. The predicted octanol–water partition coefficient (Wildman–Crippen LogP) is 3.70. The van der Waals surface area contributed by atoms with E-state index >= 15 is 0 Å². The van der Waals surface area contributed by atoms with Crippen LogP contribution in [0, 0.1) is 10.1 Å². The Kier molecular flexibility index (Phi) is 5.29. The van der Waals surface area contributed by atoms with Crippen LogP contribution in [0.5, 0.6) is 0 Å². The lowest BCUT2D eigenvalue weighted by atomic mass is 9.90. The molecule has 0 aliphatic rings. The molecule has 0 aromatic heterocycles. The average molecular weight is 294 g/mol. The van der Waals surface area contributed by atoms with Crippen LogP contribution in [0.1, 0.15) is 40.2 Å². The zero-order chi connectivity index (χ0) is 16.2. The molecule has 6 heteroatoms. The number of nitro groups is 1. The molecule has 0 fully saturated rings. The molecule has 0 N–H and O–H groups in total. The minimum atomic E-state index is -0.857. The molecular weight excluding hydrogens is 272 g/mol. The predicted molar refractivity (Wildman–Crippen MR) is 80.1 cm³/mol. The minimum absolute atomic E-state index is 0.00236. The van der Waals surface area contributed by atoms with Crippen LogP contribution in [-0.2, 0) is 10.3 Å². The van der Waals surface area contributed by atoms with Gasteiger partial charge in [-0.2, -0.15) is 0 Å². The summed E-state index contributed by atoms with van der Waals surface area (Å²) < 4.78 is 5.09. The fourth-order valence-corrected chi connectivity index (χ4v) is 2.56. The number of benzene rings is 1. The van der Waals surface area contributed by atoms with Crippen LogP contribution in [-0.4, -0.2) is 28.6 Å². The Morgan fingerprint density at radius 3 is 2.43 bits per heavy atom. The van der Waals surface area contributed by atoms with Crippen molar-refractivity contribution in [1.82, 2.24) is 4.90 Å². The fraction of sp³-hybridized carbons (Fsp3) is 0.533. The van der Waals surface area contributed by atoms with Crippen molar-refractivity contribution in [3.05, 3.63) is 39.9 Å². The van der Waals surface area contributed by atoms with Gasteiger partial charge in [0.15, 0.2) is 0 Å². The molecule has 0 unspecified atom stereocenters. The van der Waals surface area contributed by atoms with Gasteiger partial charge in [-0.1, -0.05) is 12.1 Å². The highest BCUT2D eigenvalue weighted by molar-refractivity contribution is 5.70. The summed E-state index contributed by atoms with van der Waals surface area (Å²) in [6.07, 6.45) is -0.476. The van der Waals surface area contributed by atoms with E-state index < -0.39 is 16.6 Å². The second-order valence-corrected chi connectivity index (χ2v) is 5.50. The van der Waals surface area contributed by atoms with Gasteiger partial charge in [-0.25, -0.2) is 4.79 Å². The van der Waals surface area contributed by atoms with Gasteiger partial charge in [0.2, 0.25) is 0 Å². The first-order chi connectivity index (χ1) is 9.73. The van der Waals surface area contributed by atoms with Crippen molar-refractivity contribution >= 4 is 11.8 Å². The van der Waals surface area contributed by atoms with Crippen molar-refractivity contribution < 1.29 is 14.5 Å². The maximum absolute atomic E-state index is 12.2. The number of carbonyl (C=O) groups is 1. The van der Waals surface area contributed by atoms with Gasteiger partial charge in [-0.15, -0.1) is 0 Å². The lowest BCUT2D eigenvalue weighted by molar-refractivity contribution is -0.386. The van der Waals surface area contributed by atoms with E-state index in [2.05, 4.69) is 0 Å². The Balaban J connectivity index is 3.36. The van der Waals surface area contributed by atoms with Crippen molar-refractivity contribution in [3.63, 3.8) is 0 Å². The van der Waals surface area contributed by atoms with E-state index in [1.54, 1.807) is 39.0 Å². The Bertz CT molecular complexity index is 526. The number of carbonyl (C=O) groups excluding carboxylic acids is 1. The summed E-state index contributed by atoms with van der Waals surface area (Å²) in [4.78, 5) is 24.5. The normalized spacial score (nSPS) is 11.3. The van der Waals surface area contributed by atoms with Gasteiger partial charge >= 0.3 is 6.09 Å². The fourth-order valence-electron chi connectivity index (χ4n) is 2.56. The highest BCUT2D eigenvalue weighted by atomic mass is 16.6. The van der Waals surface area contributed by atoms with E-state index in [0.29, 0.717) is 5.56 Å². The molecule has 1 amide bonds. The summed E-state index contributed by atoms with van der Waals surface area (Å²) in [6.45, 7) is 9.27. The molecule has 0 aliphatic heterocycles. The Hall–Kier alpha value is -2.11. The van der Waals surface area contributed by atoms with Crippen molar-refractivity contribution in [1.29, 1.82) is 0 Å². The summed E-state index contributed by atoms with van der Waals surface area (Å²) in [5.41, 5.74) is -0.376. The molecule has 1 aromatic carbocycles. The first-order valence-corrected chi connectivity index (χ1v) is 6.93. The van der Waals surface area contributed by atoms with E-state index in [-0.39, 0.29) is 18.3 Å². The first kappa shape index (κ1) is 16.9. The van der Waals surface area contributed by atoms with Gasteiger partial charge in [0, 0.05) is 12.1 Å². The van der Waals surface area contributed by atoms with Crippen LogP contribution in [0.3, 0.4) is 0 Å². The van der Waals surface area contributed by atoms with Crippen molar-refractivity contribution in [2.24, 2.45) is 0 Å². The first-order valence-electron chi connectivity index (χ1n) is 6.93. The molecule has 116 valence electrons. The molecule has 0 aliphatic carbocycles. The molecule has 0 atom stereocenters. The van der Waals surface area contributed by atoms with E-state index in [1.165, 1.54) is 11.0 Å². The van der Waals surface area contributed by atoms with Gasteiger partial charge in [-0.3, -0.25) is 15.0 Å². The van der Waals surface area contributed by atoms with Crippen molar-refractivity contribution in [2.45, 2.75) is 46.2 Å². The third kappa shape index (κ3) is 3.51. The zero-order valence-corrected chi connectivity index (χ0v) is 13.1. The van der Waals surface area contributed by atoms with E-state index in [9.17, 15) is 14.9 Å². The van der Waals surface area contributed by atoms with Crippen molar-refractivity contribution in [3.8, 4) is 0 Å². The molecule has 1 rings (SSSR count). The van der Waals surface area contributed by atoms with Crippen molar-refractivity contribution in [2.75, 3.05) is 6.61 Å². The molecule has 6 nitrogen and oxygen atoms in total. The molecule has 0 radical (unpaired) electrons. The van der Waals surface area contributed by atoms with E-state index in [4.69, 9.17) is 4.74 Å². The topological polar surface area (TPSA) is 72.7 Å². The average Bonchev–Trinajstić information content (AvgIpc) is 2.38. The maximum Gasteiger partial charge on any atom is 0.410 e. The lowest BCUT2D eigenvalue weighted by Crippen LogP contribution is -2.50. The maximum atomic E-state index is 12.2. The molecule has 0 heterocycles. The third-order valence-electron chi connectivity index (χ3n) is 3.34. The second-order valence-electron chi connectivity index (χ2n) is 5.50. The van der Waals surface area contributed by atoms with Gasteiger partial charge < -0.3 is 4.74 Å². The molecular formula is C15H22N2O4. The standard InChI is InChI=1S/C15H22N2O4/c1-6-21-14(18)16(11(2)3)15(4,5)12-9-7-8-10-13(12)17(19)20/h7-11H,6H2,1-5H3. The Morgan fingerprint density at radius 2 is 1.95 bits per heavy atom. The van der Waals surface area contributed by atoms with Crippen LogP contribution < -0.4 is 0 Å². The molecule has 0 saturated carbocycles. The quantitative estimate of drug-likeness (QED) is 0.613. The lowest BCUT2D eigenvalue weighted by Gasteiger charge is -2.40. The number of para-hydroxylation sites is 1. The monoisotopic (exact) mass is 294 g/mol. The summed E-state index contributed by atoms with van der Waals surface area (Å²) in [5.74, 6) is 0. The van der Waals surface area contributed by atoms with Gasteiger partial charge in [-0.05, 0) is 40.7 Å². The van der Waals surface area contributed by atoms with Crippen LogP contribution >= 0.6 is 0 Å². The SMILES string of the molecule is CCOC(=O)N(C(C)C)C(C)(C)c1ccccc1[N+](=O)[O-]. The summed E-state index contributed by atoms with van der Waals surface area (Å²) in [7, 11) is 0. The molecule has 0 spiro atoms. The summed E-state index contributed by atoms with van der Waals surface area (Å²) in [5, 5.41) is 11.2. The number of rotatable bonds is 5. The highest BCUT2D eigenvalue weighted by Gasteiger charge is 2.39. The number of nitro benzene ring substituents is 1. The number of hydrogen-bond acceptors (Lipinski definition) is 4. The zero-order valence-electron chi connectivity index (χ0n) is 13.1. The summed E-state index contributed by atoms with van der Waals surface area (Å²) >= 11 is 0. The Labute approximate surface area is 124 Å². The number of nitrogens with zero attached hydrogens (tertiary/aromatic N) is 2. The summed E-state index contributed by atoms with van der Waals surface area (Å²) in [6, 6.07) is 6.31. The second kappa shape index (κ2) is 6.56. The molecule has 21 heavy (non-hydrogen) atoms. The third-order valence-corrected chi connectivity index (χ3v) is 3.34. The van der Waals surface area contributed by atoms with Crippen LogP contribution in [0.4, 0.5) is 10.5 Å². The van der Waals surface area contributed by atoms with Gasteiger partial charge in [0.1, 0.15) is 0 Å². The Morgan fingerprint density at radius 1 is 1.38 bits per heavy atom. The van der Waals surface area contributed by atoms with Crippen LogP contribution in [0.2, 0.25) is 0 Å². The molecule has 0 bridgehead atoms. The minimum Gasteiger partial charge on any atom is -0.450 e. The van der Waals surface area contributed by atoms with Gasteiger partial charge in [0.25, 0.3) is 5.69 Å². The van der Waals surface area contributed by atoms with E-state index in [0.717, 1.165) is 0 Å². The van der Waals surface area contributed by atoms with E-state index in [1.807, 2.05) is 13.8 Å². The van der Waals surface area contributed by atoms with Gasteiger partial charge in [0.05, 0.1) is 22.6 Å². The largest absolute Gasteiger partial charge is 0.450 e. The number of hydrogen-bond donors (Lipinski definition) is 0. The number of amides is 1. The van der Waals surface area contributed by atoms with Crippen LogP contribution in [0.25, 0.3) is 0 Å². The van der Waals surface area contributed by atoms with Crippen LogP contribution in [0.15, 0.2) is 24.3 Å². The number of ether oxygens (including phenoxy) is 1.